The van der Waals surface area contributed by atoms with Crippen molar-refractivity contribution in [1.29, 1.82) is 0 Å². The molecule has 200 valence electrons. The monoisotopic (exact) mass is 523 g/mol. The standard InChI is InChI=1S/C30H33N7O2/c1-30(2,31)18-27(38)32-25-12-7-9-22-8-3-6-13-26(22)37(29(25)39)19-20-14-16-21(17-15-20)23-10-4-5-11-24(23)28-33-35-36-34-28/h3-6,8,10-11,13-17,25H,7,9,12,18-19,31H2,1-2H3,(H,32,38)(H,33,34,35,36). The van der Waals surface area contributed by atoms with Crippen LogP contribution >= 0.6 is 0 Å². The number of carbonyl (C=O) groups is 2. The van der Waals surface area contributed by atoms with E-state index in [1.54, 1.807) is 18.7 Å². The number of H-pyrrole nitrogens is 1. The summed E-state index contributed by atoms with van der Waals surface area (Å²) in [6, 6.07) is 23.4. The minimum Gasteiger partial charge on any atom is -0.344 e. The molecule has 1 aliphatic rings. The zero-order valence-corrected chi connectivity index (χ0v) is 22.2. The molecular formula is C30H33N7O2. The Kier molecular flexibility index (Phi) is 7.51. The number of rotatable bonds is 7. The molecule has 0 aliphatic carbocycles. The average molecular weight is 524 g/mol. The van der Waals surface area contributed by atoms with Crippen LogP contribution in [-0.2, 0) is 22.6 Å². The van der Waals surface area contributed by atoms with Gasteiger partial charge in [-0.2, -0.15) is 5.21 Å². The molecule has 0 radical (unpaired) electrons. The van der Waals surface area contributed by atoms with Gasteiger partial charge < -0.3 is 16.0 Å². The minimum absolute atomic E-state index is 0.114. The molecule has 1 unspecified atom stereocenters. The first kappa shape index (κ1) is 26.2. The molecule has 0 spiro atoms. The highest BCUT2D eigenvalue weighted by Gasteiger charge is 2.31. The number of carbonyl (C=O) groups excluding carboxylic acids is 2. The SMILES string of the molecule is CC(C)(N)CC(=O)NC1CCCc2ccccc2N(Cc2ccc(-c3ccccc3-c3nn[nH]n3)cc2)C1=O. The summed E-state index contributed by atoms with van der Waals surface area (Å²) in [6.07, 6.45) is 2.37. The number of aromatic nitrogens is 4. The Bertz CT molecular complexity index is 1440. The van der Waals surface area contributed by atoms with E-state index in [4.69, 9.17) is 5.73 Å². The van der Waals surface area contributed by atoms with Gasteiger partial charge in [0.2, 0.25) is 17.6 Å². The fourth-order valence-corrected chi connectivity index (χ4v) is 5.05. The minimum atomic E-state index is -0.648. The molecular weight excluding hydrogens is 490 g/mol. The molecule has 4 N–H and O–H groups in total. The van der Waals surface area contributed by atoms with Crippen molar-refractivity contribution >= 4 is 17.5 Å². The summed E-state index contributed by atoms with van der Waals surface area (Å²) in [4.78, 5) is 28.4. The lowest BCUT2D eigenvalue weighted by atomic mass is 9.96. The number of aromatic amines is 1. The number of nitrogens with two attached hydrogens (primary N) is 1. The van der Waals surface area contributed by atoms with Crippen molar-refractivity contribution in [3.8, 4) is 22.5 Å². The number of anilines is 1. The van der Waals surface area contributed by atoms with Gasteiger partial charge in [0.25, 0.3) is 0 Å². The molecule has 0 saturated heterocycles. The summed E-state index contributed by atoms with van der Waals surface area (Å²) in [5, 5.41) is 17.4. The number of amides is 2. The first-order valence-electron chi connectivity index (χ1n) is 13.2. The largest absolute Gasteiger partial charge is 0.344 e. The van der Waals surface area contributed by atoms with E-state index in [1.165, 1.54) is 0 Å². The summed E-state index contributed by atoms with van der Waals surface area (Å²) >= 11 is 0. The van der Waals surface area contributed by atoms with Crippen LogP contribution in [0.25, 0.3) is 22.5 Å². The summed E-state index contributed by atoms with van der Waals surface area (Å²) in [5.74, 6) is 0.208. The summed E-state index contributed by atoms with van der Waals surface area (Å²) < 4.78 is 0. The van der Waals surface area contributed by atoms with Crippen molar-refractivity contribution in [3.63, 3.8) is 0 Å². The normalized spacial score (nSPS) is 15.8. The van der Waals surface area contributed by atoms with Gasteiger partial charge in [0.05, 0.1) is 6.54 Å². The van der Waals surface area contributed by atoms with Crippen molar-refractivity contribution in [2.75, 3.05) is 4.90 Å². The first-order chi connectivity index (χ1) is 18.8. The zero-order valence-electron chi connectivity index (χ0n) is 22.2. The lowest BCUT2D eigenvalue weighted by Gasteiger charge is -2.32. The van der Waals surface area contributed by atoms with E-state index in [2.05, 4.69) is 32.0 Å². The topological polar surface area (TPSA) is 130 Å². The molecule has 0 bridgehead atoms. The van der Waals surface area contributed by atoms with Gasteiger partial charge >= 0.3 is 0 Å². The Balaban J connectivity index is 1.41. The Morgan fingerprint density at radius 3 is 2.49 bits per heavy atom. The van der Waals surface area contributed by atoms with Crippen molar-refractivity contribution in [2.24, 2.45) is 5.73 Å². The van der Waals surface area contributed by atoms with E-state index in [-0.39, 0.29) is 18.2 Å². The molecule has 3 aromatic carbocycles. The van der Waals surface area contributed by atoms with Crippen molar-refractivity contribution in [1.82, 2.24) is 25.9 Å². The van der Waals surface area contributed by atoms with Crippen molar-refractivity contribution in [3.05, 3.63) is 83.9 Å². The molecule has 0 fully saturated rings. The van der Waals surface area contributed by atoms with Crippen LogP contribution in [0.2, 0.25) is 0 Å². The summed E-state index contributed by atoms with van der Waals surface area (Å²) in [7, 11) is 0. The molecule has 1 aromatic heterocycles. The second-order valence-electron chi connectivity index (χ2n) is 10.7. The van der Waals surface area contributed by atoms with E-state index in [9.17, 15) is 9.59 Å². The molecule has 5 rings (SSSR count). The summed E-state index contributed by atoms with van der Waals surface area (Å²) in [6.45, 7) is 4.00. The summed E-state index contributed by atoms with van der Waals surface area (Å²) in [5.41, 5.74) is 11.3. The number of hydrogen-bond acceptors (Lipinski definition) is 6. The fourth-order valence-electron chi connectivity index (χ4n) is 5.05. The predicted molar refractivity (Wildman–Crippen MR) is 150 cm³/mol. The number of nitrogens with zero attached hydrogens (tertiary/aromatic N) is 4. The number of hydrogen-bond donors (Lipinski definition) is 3. The maximum atomic E-state index is 13.9. The maximum absolute atomic E-state index is 13.9. The third-order valence-electron chi connectivity index (χ3n) is 6.86. The van der Waals surface area contributed by atoms with Gasteiger partial charge in [-0.15, -0.1) is 10.2 Å². The average Bonchev–Trinajstić information content (AvgIpc) is 3.45. The molecule has 9 heteroatoms. The molecule has 2 heterocycles. The third-order valence-corrected chi connectivity index (χ3v) is 6.86. The molecule has 39 heavy (non-hydrogen) atoms. The van der Waals surface area contributed by atoms with Crippen LogP contribution in [0.4, 0.5) is 5.69 Å². The highest BCUT2D eigenvalue weighted by molar-refractivity contribution is 6.00. The van der Waals surface area contributed by atoms with Crippen molar-refractivity contribution < 1.29 is 9.59 Å². The Hall–Kier alpha value is -4.37. The van der Waals surface area contributed by atoms with E-state index < -0.39 is 11.6 Å². The number of benzene rings is 3. The maximum Gasteiger partial charge on any atom is 0.249 e. The molecule has 1 aliphatic heterocycles. The molecule has 0 saturated carbocycles. The quantitative estimate of drug-likeness (QED) is 0.336. The second kappa shape index (κ2) is 11.2. The lowest BCUT2D eigenvalue weighted by molar-refractivity contribution is -0.128. The zero-order chi connectivity index (χ0) is 27.4. The third kappa shape index (κ3) is 6.21. The predicted octanol–water partition coefficient (Wildman–Crippen LogP) is 4.02. The van der Waals surface area contributed by atoms with Crippen LogP contribution in [0.1, 0.15) is 44.2 Å². The van der Waals surface area contributed by atoms with Crippen LogP contribution in [0.5, 0.6) is 0 Å². The van der Waals surface area contributed by atoms with E-state index in [0.717, 1.165) is 46.3 Å². The van der Waals surface area contributed by atoms with Gasteiger partial charge in [-0.3, -0.25) is 9.59 Å². The highest BCUT2D eigenvalue weighted by Crippen LogP contribution is 2.31. The van der Waals surface area contributed by atoms with E-state index in [1.807, 2.05) is 66.7 Å². The second-order valence-corrected chi connectivity index (χ2v) is 10.7. The Labute approximate surface area is 227 Å². The van der Waals surface area contributed by atoms with E-state index >= 15 is 0 Å². The number of fused-ring (bicyclic) bond motifs is 1. The number of tetrazole rings is 1. The van der Waals surface area contributed by atoms with Gasteiger partial charge in [0, 0.05) is 23.2 Å². The van der Waals surface area contributed by atoms with Crippen LogP contribution in [0, 0.1) is 0 Å². The van der Waals surface area contributed by atoms with Gasteiger partial charge in [-0.25, -0.2) is 0 Å². The number of para-hydroxylation sites is 1. The van der Waals surface area contributed by atoms with Gasteiger partial charge in [-0.05, 0) is 66.6 Å². The smallest absolute Gasteiger partial charge is 0.249 e. The molecule has 2 amide bonds. The van der Waals surface area contributed by atoms with Crippen LogP contribution in [-0.4, -0.2) is 44.0 Å². The number of nitrogens with one attached hydrogen (secondary N) is 2. The number of aryl methyl sites for hydroxylation is 1. The lowest BCUT2D eigenvalue weighted by Crippen LogP contribution is -2.51. The molecule has 9 nitrogen and oxygen atoms in total. The van der Waals surface area contributed by atoms with E-state index in [0.29, 0.717) is 18.8 Å². The van der Waals surface area contributed by atoms with Crippen molar-refractivity contribution in [2.45, 2.75) is 57.7 Å². The highest BCUT2D eigenvalue weighted by atomic mass is 16.2. The van der Waals surface area contributed by atoms with Gasteiger partial charge in [0.15, 0.2) is 0 Å². The molecule has 1 atom stereocenters. The van der Waals surface area contributed by atoms with Crippen LogP contribution < -0.4 is 16.0 Å². The Morgan fingerprint density at radius 2 is 1.77 bits per heavy atom. The van der Waals surface area contributed by atoms with Crippen LogP contribution in [0.15, 0.2) is 72.8 Å². The fraction of sp³-hybridized carbons (Fsp3) is 0.300. The first-order valence-corrected chi connectivity index (χ1v) is 13.2. The van der Waals surface area contributed by atoms with Gasteiger partial charge in [0.1, 0.15) is 6.04 Å². The van der Waals surface area contributed by atoms with Gasteiger partial charge in [-0.1, -0.05) is 66.7 Å². The van der Waals surface area contributed by atoms with Crippen LogP contribution in [0.3, 0.4) is 0 Å². The molecule has 4 aromatic rings. The Morgan fingerprint density at radius 1 is 1.05 bits per heavy atom.